The van der Waals surface area contributed by atoms with E-state index in [0.29, 0.717) is 28.1 Å². The first-order chi connectivity index (χ1) is 13.9. The van der Waals surface area contributed by atoms with Crippen LogP contribution in [0.1, 0.15) is 11.3 Å². The average Bonchev–Trinajstić information content (AvgIpc) is 2.70. The Morgan fingerprint density at radius 2 is 1.62 bits per heavy atom. The number of carbonyl (C=O) groups excluding carboxylic acids is 1. The Morgan fingerprint density at radius 3 is 2.17 bits per heavy atom. The highest BCUT2D eigenvalue weighted by Gasteiger charge is 2.20. The maximum Gasteiger partial charge on any atom is 0.273 e. The van der Waals surface area contributed by atoms with Gasteiger partial charge in [0.2, 0.25) is 5.91 Å². The van der Waals surface area contributed by atoms with Crippen molar-refractivity contribution in [1.29, 1.82) is 0 Å². The summed E-state index contributed by atoms with van der Waals surface area (Å²) < 4.78 is 12.4. The Morgan fingerprint density at radius 1 is 1.03 bits per heavy atom. The molecule has 1 N–H and O–H groups in total. The Kier molecular flexibility index (Phi) is 5.77. The number of hydrogen-bond donors (Lipinski definition) is 1. The van der Waals surface area contributed by atoms with Gasteiger partial charge in [-0.15, -0.1) is 0 Å². The summed E-state index contributed by atoms with van der Waals surface area (Å²) in [5.41, 5.74) is 1.59. The number of methoxy groups -OCH3 is 2. The van der Waals surface area contributed by atoms with Crippen LogP contribution in [0.4, 0.5) is 5.69 Å². The number of pyridine rings is 1. The second kappa shape index (κ2) is 8.26. The Balaban J connectivity index is 2.18. The van der Waals surface area contributed by atoms with E-state index in [-0.39, 0.29) is 17.9 Å². The summed E-state index contributed by atoms with van der Waals surface area (Å²) in [6, 6.07) is 12.8. The summed E-state index contributed by atoms with van der Waals surface area (Å²) in [5, 5.41) is 6.03. The quantitative estimate of drug-likeness (QED) is 0.695. The van der Waals surface area contributed by atoms with Crippen molar-refractivity contribution in [2.45, 2.75) is 13.3 Å². The maximum atomic E-state index is 13.3. The van der Waals surface area contributed by atoms with Crippen molar-refractivity contribution in [3.05, 3.63) is 64.1 Å². The van der Waals surface area contributed by atoms with Crippen LogP contribution < -0.4 is 25.4 Å². The molecule has 0 saturated carbocycles. The minimum Gasteiger partial charge on any atom is -0.493 e. The molecule has 3 aromatic rings. The second-order valence-corrected chi connectivity index (χ2v) is 6.87. The minimum atomic E-state index is -0.265. The number of ether oxygens (including phenoxy) is 2. The van der Waals surface area contributed by atoms with Crippen molar-refractivity contribution in [2.75, 3.05) is 38.6 Å². The summed E-state index contributed by atoms with van der Waals surface area (Å²) in [7, 11) is 6.68. The molecule has 3 rings (SSSR count). The summed E-state index contributed by atoms with van der Waals surface area (Å²) in [4.78, 5) is 25.9. The fourth-order valence-corrected chi connectivity index (χ4v) is 3.48. The van der Waals surface area contributed by atoms with Crippen LogP contribution in [-0.4, -0.2) is 38.9 Å². The van der Waals surface area contributed by atoms with Gasteiger partial charge in [-0.05, 0) is 36.6 Å². The molecule has 152 valence electrons. The van der Waals surface area contributed by atoms with Crippen LogP contribution in [0.15, 0.2) is 47.3 Å². The van der Waals surface area contributed by atoms with Crippen LogP contribution in [0.3, 0.4) is 0 Å². The van der Waals surface area contributed by atoms with E-state index in [2.05, 4.69) is 5.32 Å². The van der Waals surface area contributed by atoms with Crippen molar-refractivity contribution in [3.8, 4) is 11.5 Å². The van der Waals surface area contributed by atoms with E-state index in [9.17, 15) is 9.59 Å². The Labute approximate surface area is 169 Å². The largest absolute Gasteiger partial charge is 0.493 e. The highest BCUT2D eigenvalue weighted by Crippen LogP contribution is 2.34. The highest BCUT2D eigenvalue weighted by atomic mass is 16.5. The molecule has 0 fully saturated rings. The smallest absolute Gasteiger partial charge is 0.273 e. The number of nitrogens with one attached hydrogen (secondary N) is 1. The number of rotatable bonds is 6. The zero-order valence-electron chi connectivity index (χ0n) is 17.3. The van der Waals surface area contributed by atoms with Gasteiger partial charge in [0.1, 0.15) is 0 Å². The fourth-order valence-electron chi connectivity index (χ4n) is 3.48. The molecule has 0 atom stereocenters. The van der Waals surface area contributed by atoms with E-state index in [1.807, 2.05) is 31.2 Å². The van der Waals surface area contributed by atoms with Gasteiger partial charge in [-0.3, -0.25) is 9.59 Å². The number of aryl methyl sites for hydroxylation is 1. The number of anilines is 1. The number of benzene rings is 2. The van der Waals surface area contributed by atoms with Gasteiger partial charge in [-0.25, -0.2) is 4.68 Å². The van der Waals surface area contributed by atoms with Crippen molar-refractivity contribution >= 4 is 22.4 Å². The molecule has 1 heterocycles. The zero-order chi connectivity index (χ0) is 21.1. The van der Waals surface area contributed by atoms with E-state index in [1.165, 1.54) is 0 Å². The van der Waals surface area contributed by atoms with Gasteiger partial charge in [0.05, 0.1) is 20.6 Å². The van der Waals surface area contributed by atoms with Gasteiger partial charge in [0.15, 0.2) is 11.5 Å². The van der Waals surface area contributed by atoms with Crippen molar-refractivity contribution in [2.24, 2.45) is 0 Å². The molecule has 0 unspecified atom stereocenters. The van der Waals surface area contributed by atoms with Crippen molar-refractivity contribution in [3.63, 3.8) is 0 Å². The third kappa shape index (κ3) is 3.89. The molecule has 0 aliphatic carbocycles. The van der Waals surface area contributed by atoms with Crippen LogP contribution in [0.25, 0.3) is 10.8 Å². The molecule has 0 aliphatic heterocycles. The maximum absolute atomic E-state index is 13.3. The van der Waals surface area contributed by atoms with Crippen LogP contribution >= 0.6 is 0 Å². The lowest BCUT2D eigenvalue weighted by molar-refractivity contribution is -0.115. The minimum absolute atomic E-state index is 0.0617. The molecule has 0 aliphatic rings. The van der Waals surface area contributed by atoms with E-state index >= 15 is 0 Å². The first kappa shape index (κ1) is 20.3. The summed E-state index contributed by atoms with van der Waals surface area (Å²) in [6.07, 6.45) is -0.0617. The number of para-hydroxylation sites is 1. The van der Waals surface area contributed by atoms with Gasteiger partial charge >= 0.3 is 0 Å². The molecule has 1 amide bonds. The zero-order valence-corrected chi connectivity index (χ0v) is 17.3. The molecular weight excluding hydrogens is 370 g/mol. The number of aromatic nitrogens is 1. The van der Waals surface area contributed by atoms with Crippen molar-refractivity contribution in [1.82, 2.24) is 4.68 Å². The molecule has 0 saturated heterocycles. The Bertz CT molecular complexity index is 1100. The van der Waals surface area contributed by atoms with Crippen LogP contribution in [-0.2, 0) is 11.2 Å². The topological polar surface area (TPSA) is 72.8 Å². The highest BCUT2D eigenvalue weighted by molar-refractivity contribution is 5.97. The van der Waals surface area contributed by atoms with E-state index in [4.69, 9.17) is 9.47 Å². The molecule has 7 nitrogen and oxygen atoms in total. The molecule has 0 radical (unpaired) electrons. The fraction of sp³-hybridized carbons (Fsp3) is 0.273. The third-order valence-electron chi connectivity index (χ3n) is 4.80. The standard InChI is InChI=1S/C22H25N3O4/c1-14-16-11-19(28-4)20(29-5)12-17(16)18(22(27)25(14)24(2)3)13-21(26)23-15-9-7-6-8-10-15/h6-12H,13H2,1-5H3,(H,23,26). The van der Waals surface area contributed by atoms with Crippen LogP contribution in [0.5, 0.6) is 11.5 Å². The third-order valence-corrected chi connectivity index (χ3v) is 4.80. The van der Waals surface area contributed by atoms with Gasteiger partial charge in [0, 0.05) is 36.4 Å². The molecule has 1 aromatic heterocycles. The SMILES string of the molecule is COc1cc2c(CC(=O)Nc3ccccc3)c(=O)n(N(C)C)c(C)c2cc1OC. The predicted molar refractivity (Wildman–Crippen MR) is 115 cm³/mol. The number of fused-ring (bicyclic) bond motifs is 1. The molecule has 0 spiro atoms. The lowest BCUT2D eigenvalue weighted by Gasteiger charge is -2.23. The van der Waals surface area contributed by atoms with Gasteiger partial charge in [-0.1, -0.05) is 18.2 Å². The average molecular weight is 395 g/mol. The lowest BCUT2D eigenvalue weighted by Crippen LogP contribution is -2.40. The number of nitrogens with zero attached hydrogens (tertiary/aromatic N) is 2. The van der Waals surface area contributed by atoms with Gasteiger partial charge < -0.3 is 19.8 Å². The van der Waals surface area contributed by atoms with Crippen LogP contribution in [0.2, 0.25) is 0 Å². The summed E-state index contributed by atoms with van der Waals surface area (Å²) in [5.74, 6) is 0.802. The number of amides is 1. The number of carbonyl (C=O) groups is 1. The summed E-state index contributed by atoms with van der Waals surface area (Å²) in [6.45, 7) is 1.86. The predicted octanol–water partition coefficient (Wildman–Crippen LogP) is 2.71. The molecule has 7 heteroatoms. The Hall–Kier alpha value is -3.48. The van der Waals surface area contributed by atoms with Gasteiger partial charge in [-0.2, -0.15) is 0 Å². The van der Waals surface area contributed by atoms with Crippen LogP contribution in [0, 0.1) is 6.92 Å². The first-order valence-corrected chi connectivity index (χ1v) is 9.20. The van der Waals surface area contributed by atoms with E-state index < -0.39 is 0 Å². The molecular formula is C22H25N3O4. The van der Waals surface area contributed by atoms with Crippen molar-refractivity contribution < 1.29 is 14.3 Å². The van der Waals surface area contributed by atoms with E-state index in [0.717, 1.165) is 11.1 Å². The lowest BCUT2D eigenvalue weighted by atomic mass is 10.0. The first-order valence-electron chi connectivity index (χ1n) is 9.20. The monoisotopic (exact) mass is 395 g/mol. The second-order valence-electron chi connectivity index (χ2n) is 6.87. The van der Waals surface area contributed by atoms with Gasteiger partial charge in [0.25, 0.3) is 5.56 Å². The molecule has 2 aromatic carbocycles. The molecule has 29 heavy (non-hydrogen) atoms. The molecule has 0 bridgehead atoms. The van der Waals surface area contributed by atoms with E-state index in [1.54, 1.807) is 56.2 Å². The normalized spacial score (nSPS) is 10.7. The number of hydrogen-bond acceptors (Lipinski definition) is 5. The summed E-state index contributed by atoms with van der Waals surface area (Å²) >= 11 is 0.